The zero-order chi connectivity index (χ0) is 18.1. The van der Waals surface area contributed by atoms with E-state index in [-0.39, 0.29) is 23.2 Å². The summed E-state index contributed by atoms with van der Waals surface area (Å²) in [6.45, 7) is 3.86. The fourth-order valence-corrected chi connectivity index (χ4v) is 4.14. The van der Waals surface area contributed by atoms with Crippen LogP contribution >= 0.6 is 12.4 Å². The number of nitrogens with zero attached hydrogens (tertiary/aromatic N) is 1. The predicted molar refractivity (Wildman–Crippen MR) is 105 cm³/mol. The van der Waals surface area contributed by atoms with Crippen molar-refractivity contribution in [3.63, 3.8) is 0 Å². The number of piperidine rings is 1. The molecule has 2 aromatic carbocycles. The average Bonchev–Trinajstić information content (AvgIpc) is 3.04. The van der Waals surface area contributed by atoms with Crippen molar-refractivity contribution < 1.29 is 17.1 Å². The van der Waals surface area contributed by atoms with E-state index in [0.717, 1.165) is 37.1 Å². The van der Waals surface area contributed by atoms with Crippen LogP contribution in [0.3, 0.4) is 0 Å². The lowest BCUT2D eigenvalue weighted by Gasteiger charge is -2.22. The second kappa shape index (κ2) is 7.88. The number of halogens is 1. The van der Waals surface area contributed by atoms with Gasteiger partial charge in [0, 0.05) is 0 Å². The van der Waals surface area contributed by atoms with Crippen molar-refractivity contribution >= 4 is 33.4 Å². The molecule has 2 heterocycles. The minimum absolute atomic E-state index is 0. The van der Waals surface area contributed by atoms with Crippen molar-refractivity contribution in [3.8, 4) is 5.95 Å². The summed E-state index contributed by atoms with van der Waals surface area (Å²) in [5, 5.41) is 7.85. The second-order valence-electron chi connectivity index (χ2n) is 6.62. The average molecular weight is 409 g/mol. The minimum Gasteiger partial charge on any atom is -0.339 e. The maximum absolute atomic E-state index is 12.5. The van der Waals surface area contributed by atoms with Crippen molar-refractivity contribution in [1.82, 2.24) is 10.5 Å². The van der Waals surface area contributed by atoms with Crippen LogP contribution in [0.2, 0.25) is 0 Å². The molecular formula is C19H21ClN2O4S. The molecule has 0 aliphatic carbocycles. The van der Waals surface area contributed by atoms with E-state index in [1.54, 1.807) is 12.1 Å². The predicted octanol–water partition coefficient (Wildman–Crippen LogP) is 3.79. The van der Waals surface area contributed by atoms with Gasteiger partial charge in [0.15, 0.2) is 0 Å². The first-order valence-corrected chi connectivity index (χ1v) is 10.0. The molecule has 8 heteroatoms. The number of fused-ring (bicyclic) bond motifs is 1. The zero-order valence-electron chi connectivity index (χ0n) is 14.8. The standard InChI is InChI=1S/C19H20N2O4S.ClH/c1-13-2-5-16(6-3-13)26(22,23)25-19-17-12-15(4-7-18(17)21-24-19)14-8-10-20-11-9-14;/h2-7,12,14,20H,8-11H2,1H3;1H. The van der Waals surface area contributed by atoms with Crippen LogP contribution in [-0.4, -0.2) is 26.7 Å². The Morgan fingerprint density at radius 3 is 2.52 bits per heavy atom. The smallest absolute Gasteiger partial charge is 0.339 e. The van der Waals surface area contributed by atoms with Gasteiger partial charge in [-0.05, 0) is 68.6 Å². The van der Waals surface area contributed by atoms with Gasteiger partial charge in [0.1, 0.15) is 10.4 Å². The zero-order valence-corrected chi connectivity index (χ0v) is 16.5. The topological polar surface area (TPSA) is 81.4 Å². The lowest BCUT2D eigenvalue weighted by molar-refractivity contribution is 0.324. The molecule has 4 rings (SSSR count). The SMILES string of the molecule is Cc1ccc(S(=O)(=O)Oc2onc3ccc(C4CCNCC4)cc23)cc1.Cl. The number of aromatic nitrogens is 1. The Bertz CT molecular complexity index is 1030. The highest BCUT2D eigenvalue weighted by Crippen LogP contribution is 2.33. The molecule has 0 radical (unpaired) electrons. The number of nitrogens with one attached hydrogen (secondary N) is 1. The van der Waals surface area contributed by atoms with Gasteiger partial charge in [0.05, 0.1) is 5.39 Å². The minimum atomic E-state index is -3.97. The Morgan fingerprint density at radius 2 is 1.81 bits per heavy atom. The molecule has 3 aromatic rings. The summed E-state index contributed by atoms with van der Waals surface area (Å²) in [7, 11) is -3.97. The quantitative estimate of drug-likeness (QED) is 0.661. The molecule has 0 unspecified atom stereocenters. The van der Waals surface area contributed by atoms with Gasteiger partial charge in [0.2, 0.25) is 0 Å². The fourth-order valence-electron chi connectivity index (χ4n) is 3.26. The van der Waals surface area contributed by atoms with E-state index in [1.165, 1.54) is 12.1 Å². The number of aryl methyl sites for hydroxylation is 1. The van der Waals surface area contributed by atoms with Crippen LogP contribution in [0.15, 0.2) is 51.9 Å². The molecule has 1 aromatic heterocycles. The summed E-state index contributed by atoms with van der Waals surface area (Å²) in [6, 6.07) is 12.3. The van der Waals surface area contributed by atoms with Crippen molar-refractivity contribution in [2.45, 2.75) is 30.6 Å². The molecule has 0 amide bonds. The summed E-state index contributed by atoms with van der Waals surface area (Å²) in [6.07, 6.45) is 2.10. The van der Waals surface area contributed by atoms with Crippen molar-refractivity contribution in [1.29, 1.82) is 0 Å². The van der Waals surface area contributed by atoms with Gasteiger partial charge in [0.25, 0.3) is 0 Å². The van der Waals surface area contributed by atoms with E-state index >= 15 is 0 Å². The van der Waals surface area contributed by atoms with Crippen LogP contribution in [0.5, 0.6) is 5.95 Å². The van der Waals surface area contributed by atoms with Gasteiger partial charge in [-0.3, -0.25) is 0 Å². The highest BCUT2D eigenvalue weighted by molar-refractivity contribution is 7.87. The highest BCUT2D eigenvalue weighted by atomic mass is 35.5. The lowest BCUT2D eigenvalue weighted by Crippen LogP contribution is -2.26. The van der Waals surface area contributed by atoms with E-state index in [2.05, 4.69) is 10.5 Å². The van der Waals surface area contributed by atoms with Gasteiger partial charge in [-0.2, -0.15) is 8.42 Å². The van der Waals surface area contributed by atoms with Crippen LogP contribution in [0.25, 0.3) is 10.9 Å². The summed E-state index contributed by atoms with van der Waals surface area (Å²) >= 11 is 0. The van der Waals surface area contributed by atoms with Gasteiger partial charge in [-0.1, -0.05) is 28.9 Å². The first kappa shape index (κ1) is 19.7. The van der Waals surface area contributed by atoms with Crippen molar-refractivity contribution in [2.24, 2.45) is 0 Å². The molecule has 1 saturated heterocycles. The molecule has 1 fully saturated rings. The third-order valence-corrected chi connectivity index (χ3v) is 5.99. The molecule has 1 N–H and O–H groups in total. The van der Waals surface area contributed by atoms with Crippen LogP contribution in [0.4, 0.5) is 0 Å². The Labute approximate surface area is 164 Å². The number of benzene rings is 2. The maximum atomic E-state index is 12.5. The summed E-state index contributed by atoms with van der Waals surface area (Å²) in [4.78, 5) is 0.0853. The van der Waals surface area contributed by atoms with Gasteiger partial charge >= 0.3 is 16.1 Å². The molecule has 0 bridgehead atoms. The first-order chi connectivity index (χ1) is 12.5. The number of rotatable bonds is 4. The van der Waals surface area contributed by atoms with Crippen LogP contribution in [0, 0.1) is 6.92 Å². The summed E-state index contributed by atoms with van der Waals surface area (Å²) < 4.78 is 35.5. The van der Waals surface area contributed by atoms with E-state index < -0.39 is 10.1 Å². The fraction of sp³-hybridized carbons (Fsp3) is 0.316. The molecule has 6 nitrogen and oxygen atoms in total. The van der Waals surface area contributed by atoms with E-state index in [0.29, 0.717) is 16.8 Å². The molecule has 27 heavy (non-hydrogen) atoms. The van der Waals surface area contributed by atoms with Crippen LogP contribution in [-0.2, 0) is 10.1 Å². The van der Waals surface area contributed by atoms with Gasteiger partial charge in [-0.25, -0.2) is 0 Å². The van der Waals surface area contributed by atoms with E-state index in [9.17, 15) is 8.42 Å². The third kappa shape index (κ3) is 4.10. The van der Waals surface area contributed by atoms with E-state index in [4.69, 9.17) is 8.71 Å². The highest BCUT2D eigenvalue weighted by Gasteiger charge is 2.23. The van der Waals surface area contributed by atoms with Crippen molar-refractivity contribution in [2.75, 3.05) is 13.1 Å². The molecule has 0 saturated carbocycles. The largest absolute Gasteiger partial charge is 0.341 e. The summed E-state index contributed by atoms with van der Waals surface area (Å²) in [5.74, 6) is 0.355. The maximum Gasteiger partial charge on any atom is 0.341 e. The third-order valence-electron chi connectivity index (χ3n) is 4.77. The molecule has 144 valence electrons. The normalized spacial score (nSPS) is 15.4. The number of hydrogen-bond donors (Lipinski definition) is 1. The molecule has 1 aliphatic heterocycles. The Balaban J connectivity index is 0.00000210. The summed E-state index contributed by atoms with van der Waals surface area (Å²) in [5.41, 5.74) is 2.71. The van der Waals surface area contributed by atoms with Gasteiger partial charge < -0.3 is 14.0 Å². The molecule has 0 spiro atoms. The first-order valence-electron chi connectivity index (χ1n) is 8.64. The molecule has 1 aliphatic rings. The number of hydrogen-bond acceptors (Lipinski definition) is 6. The van der Waals surface area contributed by atoms with Crippen LogP contribution < -0.4 is 9.50 Å². The van der Waals surface area contributed by atoms with E-state index in [1.807, 2.05) is 25.1 Å². The second-order valence-corrected chi connectivity index (χ2v) is 8.17. The van der Waals surface area contributed by atoms with Crippen molar-refractivity contribution in [3.05, 3.63) is 53.6 Å². The Kier molecular flexibility index (Phi) is 5.74. The molecular weight excluding hydrogens is 388 g/mol. The Hall–Kier alpha value is -2.09. The monoisotopic (exact) mass is 408 g/mol. The van der Waals surface area contributed by atoms with Crippen LogP contribution in [0.1, 0.15) is 29.9 Å². The van der Waals surface area contributed by atoms with Gasteiger partial charge in [-0.15, -0.1) is 12.4 Å². The molecule has 0 atom stereocenters. The Morgan fingerprint density at radius 1 is 1.11 bits per heavy atom. The lowest BCUT2D eigenvalue weighted by atomic mass is 9.90.